The zero-order chi connectivity index (χ0) is 18.0. The molecule has 1 aromatic heterocycles. The average molecular weight is 353 g/mol. The molecule has 0 amide bonds. The van der Waals surface area contributed by atoms with Gasteiger partial charge >= 0.3 is 0 Å². The number of pyridine rings is 1. The largest absolute Gasteiger partial charge is 0.764 e. The van der Waals surface area contributed by atoms with E-state index in [4.69, 9.17) is 17.4 Å². The van der Waals surface area contributed by atoms with E-state index in [1.54, 1.807) is 14.0 Å². The fourth-order valence-corrected chi connectivity index (χ4v) is 3.82. The number of benzene rings is 1. The molecule has 2 heterocycles. The number of aliphatic imine (C=N–C) groups is 1. The SMILES string of the molecule is COc1ccc([C@H]2[C@H](C#N)C([S-])=N[C@](C)(O)[C@@H]2[n+]2ccccc2)cc1. The van der Waals surface area contributed by atoms with Gasteiger partial charge in [-0.2, -0.15) is 9.83 Å². The molecule has 1 aliphatic heterocycles. The maximum Gasteiger partial charge on any atom is 0.214 e. The lowest BCUT2D eigenvalue weighted by atomic mass is 9.75. The number of rotatable bonds is 3. The predicted octanol–water partition coefficient (Wildman–Crippen LogP) is 2.11. The van der Waals surface area contributed by atoms with Crippen LogP contribution in [0.2, 0.25) is 0 Å². The summed E-state index contributed by atoms with van der Waals surface area (Å²) in [6, 6.07) is 15.0. The van der Waals surface area contributed by atoms with Crippen molar-refractivity contribution < 1.29 is 14.4 Å². The first-order chi connectivity index (χ1) is 12.0. The number of aromatic nitrogens is 1. The third-order valence-corrected chi connectivity index (χ3v) is 4.91. The van der Waals surface area contributed by atoms with Gasteiger partial charge in [-0.1, -0.05) is 23.2 Å². The average Bonchev–Trinajstić information content (AvgIpc) is 2.61. The summed E-state index contributed by atoms with van der Waals surface area (Å²) in [6.07, 6.45) is 3.74. The molecule has 2 aromatic rings. The van der Waals surface area contributed by atoms with Gasteiger partial charge in [0.15, 0.2) is 12.4 Å². The molecule has 0 aliphatic carbocycles. The summed E-state index contributed by atoms with van der Waals surface area (Å²) in [4.78, 5) is 4.25. The standard InChI is InChI=1S/C19H19N3O2S/c1-19(23)17(22-10-4-3-5-11-22)16(15(12-20)18(25)21-19)13-6-8-14(24-2)9-7-13/h3-11,15-17,23H,1-2H3/t15-,16-,17+,19+/m0/s1. The Morgan fingerprint density at radius 1 is 1.24 bits per heavy atom. The fraction of sp³-hybridized carbons (Fsp3) is 0.316. The van der Waals surface area contributed by atoms with Crippen molar-refractivity contribution in [1.82, 2.24) is 0 Å². The number of nitriles is 1. The summed E-state index contributed by atoms with van der Waals surface area (Å²) in [6.45, 7) is 1.63. The van der Waals surface area contributed by atoms with E-state index in [0.29, 0.717) is 0 Å². The van der Waals surface area contributed by atoms with Gasteiger partial charge in [0.2, 0.25) is 11.8 Å². The topological polar surface area (TPSA) is 69.5 Å². The normalized spacial score (nSPS) is 28.7. The Balaban J connectivity index is 2.17. The maximum atomic E-state index is 11.0. The van der Waals surface area contributed by atoms with E-state index in [2.05, 4.69) is 11.1 Å². The molecule has 1 N–H and O–H groups in total. The second-order valence-corrected chi connectivity index (χ2v) is 6.64. The van der Waals surface area contributed by atoms with Gasteiger partial charge in [0.05, 0.1) is 25.0 Å². The highest BCUT2D eigenvalue weighted by molar-refractivity contribution is 7.77. The van der Waals surface area contributed by atoms with Crippen LogP contribution in [0.5, 0.6) is 5.75 Å². The molecule has 25 heavy (non-hydrogen) atoms. The van der Waals surface area contributed by atoms with Gasteiger partial charge in [0.1, 0.15) is 5.75 Å². The Hall–Kier alpha value is -2.49. The molecule has 0 fully saturated rings. The van der Waals surface area contributed by atoms with Crippen molar-refractivity contribution in [3.63, 3.8) is 0 Å². The highest BCUT2D eigenvalue weighted by Gasteiger charge is 2.51. The van der Waals surface area contributed by atoms with E-state index in [1.807, 2.05) is 59.4 Å². The third kappa shape index (κ3) is 3.21. The summed E-state index contributed by atoms with van der Waals surface area (Å²) >= 11 is 5.32. The van der Waals surface area contributed by atoms with Crippen molar-refractivity contribution in [3.8, 4) is 11.8 Å². The second-order valence-electron chi connectivity index (χ2n) is 6.22. The Bertz CT molecular complexity index is 813. The summed E-state index contributed by atoms with van der Waals surface area (Å²) in [7, 11) is 1.61. The Morgan fingerprint density at radius 3 is 2.44 bits per heavy atom. The van der Waals surface area contributed by atoms with Crippen molar-refractivity contribution >= 4 is 17.7 Å². The van der Waals surface area contributed by atoms with Crippen molar-refractivity contribution in [2.45, 2.75) is 24.6 Å². The monoisotopic (exact) mass is 353 g/mol. The number of ether oxygens (including phenoxy) is 1. The lowest BCUT2D eigenvalue weighted by molar-refractivity contribution is -0.741. The quantitative estimate of drug-likeness (QED) is 0.678. The lowest BCUT2D eigenvalue weighted by Gasteiger charge is -2.41. The van der Waals surface area contributed by atoms with Gasteiger partial charge in [0, 0.05) is 12.1 Å². The number of aliphatic hydroxyl groups is 1. The predicted molar refractivity (Wildman–Crippen MR) is 95.9 cm³/mol. The molecule has 0 unspecified atom stereocenters. The zero-order valence-electron chi connectivity index (χ0n) is 14.0. The minimum Gasteiger partial charge on any atom is -0.764 e. The van der Waals surface area contributed by atoms with Crippen LogP contribution < -0.4 is 9.30 Å². The van der Waals surface area contributed by atoms with Crippen molar-refractivity contribution in [2.24, 2.45) is 10.9 Å². The highest BCUT2D eigenvalue weighted by Crippen LogP contribution is 2.43. The number of hydrogen-bond donors (Lipinski definition) is 1. The minimum absolute atomic E-state index is 0.237. The summed E-state index contributed by atoms with van der Waals surface area (Å²) < 4.78 is 7.11. The summed E-state index contributed by atoms with van der Waals surface area (Å²) in [5.41, 5.74) is -0.507. The molecule has 0 radical (unpaired) electrons. The summed E-state index contributed by atoms with van der Waals surface area (Å²) in [5, 5.41) is 20.9. The molecule has 5 nitrogen and oxygen atoms in total. The van der Waals surface area contributed by atoms with Crippen LogP contribution >= 0.6 is 0 Å². The van der Waals surface area contributed by atoms with Crippen LogP contribution in [0, 0.1) is 17.2 Å². The van der Waals surface area contributed by atoms with Gasteiger partial charge in [-0.05, 0) is 24.6 Å². The Kier molecular flexibility index (Phi) is 4.71. The van der Waals surface area contributed by atoms with Crippen LogP contribution in [-0.4, -0.2) is 23.0 Å². The van der Waals surface area contributed by atoms with Gasteiger partial charge in [0.25, 0.3) is 0 Å². The molecule has 6 heteroatoms. The van der Waals surface area contributed by atoms with E-state index >= 15 is 0 Å². The Labute approximate surface area is 152 Å². The van der Waals surface area contributed by atoms with Gasteiger partial charge in [-0.25, -0.2) is 0 Å². The maximum absolute atomic E-state index is 11.0. The van der Waals surface area contributed by atoms with E-state index in [0.717, 1.165) is 11.3 Å². The molecule has 3 rings (SSSR count). The number of nitrogens with zero attached hydrogens (tertiary/aromatic N) is 3. The van der Waals surface area contributed by atoms with Crippen LogP contribution in [0.3, 0.4) is 0 Å². The molecule has 0 spiro atoms. The number of methoxy groups -OCH3 is 1. The first-order valence-electron chi connectivity index (χ1n) is 7.96. The van der Waals surface area contributed by atoms with Crippen LogP contribution in [0.4, 0.5) is 0 Å². The molecular weight excluding hydrogens is 334 g/mol. The van der Waals surface area contributed by atoms with E-state index in [-0.39, 0.29) is 11.0 Å². The molecule has 1 aromatic carbocycles. The highest BCUT2D eigenvalue weighted by atomic mass is 32.1. The molecular formula is C19H19N3O2S. The zero-order valence-corrected chi connectivity index (χ0v) is 14.9. The molecule has 1 aliphatic rings. The van der Waals surface area contributed by atoms with E-state index in [1.165, 1.54) is 0 Å². The smallest absolute Gasteiger partial charge is 0.214 e. The lowest BCUT2D eigenvalue weighted by Crippen LogP contribution is -2.58. The fourth-order valence-electron chi connectivity index (χ4n) is 3.44. The molecule has 0 saturated carbocycles. The van der Waals surface area contributed by atoms with Crippen LogP contribution in [-0.2, 0) is 12.6 Å². The van der Waals surface area contributed by atoms with Crippen LogP contribution in [0.25, 0.3) is 0 Å². The van der Waals surface area contributed by atoms with Gasteiger partial charge in [-0.3, -0.25) is 4.99 Å². The first kappa shape index (κ1) is 17.3. The molecule has 0 bridgehead atoms. The molecule has 4 atom stereocenters. The van der Waals surface area contributed by atoms with Crippen molar-refractivity contribution in [3.05, 3.63) is 60.4 Å². The van der Waals surface area contributed by atoms with Gasteiger partial charge < -0.3 is 22.5 Å². The summed E-state index contributed by atoms with van der Waals surface area (Å²) in [5.74, 6) is -0.194. The Morgan fingerprint density at radius 2 is 1.88 bits per heavy atom. The minimum atomic E-state index is -1.42. The van der Waals surface area contributed by atoms with Crippen molar-refractivity contribution in [2.75, 3.05) is 7.11 Å². The first-order valence-corrected chi connectivity index (χ1v) is 8.37. The molecule has 0 saturated heterocycles. The van der Waals surface area contributed by atoms with Crippen LogP contribution in [0.15, 0.2) is 59.9 Å². The second kappa shape index (κ2) is 6.79. The van der Waals surface area contributed by atoms with E-state index in [9.17, 15) is 10.4 Å². The van der Waals surface area contributed by atoms with Crippen LogP contribution in [0.1, 0.15) is 24.4 Å². The molecule has 128 valence electrons. The van der Waals surface area contributed by atoms with Gasteiger partial charge in [-0.15, -0.1) is 0 Å². The van der Waals surface area contributed by atoms with E-state index < -0.39 is 17.7 Å². The third-order valence-electron chi connectivity index (χ3n) is 4.56. The number of hydrogen-bond acceptors (Lipinski definition) is 5. The van der Waals surface area contributed by atoms with Crippen molar-refractivity contribution in [1.29, 1.82) is 5.26 Å².